The highest BCUT2D eigenvalue weighted by atomic mass is 16.6. The SMILES string of the molecule is CCCc1ccccc1N=CCN/N=C(\C)OCC(=O)/C(=C/C(C)c1ccccc1)ON. The number of benzene rings is 2. The Kier molecular flexibility index (Phi) is 10.7. The van der Waals surface area contributed by atoms with Crippen LogP contribution < -0.4 is 11.3 Å². The number of hydrazone groups is 1. The molecule has 7 nitrogen and oxygen atoms in total. The van der Waals surface area contributed by atoms with Crippen LogP contribution in [0.15, 0.2) is 76.5 Å². The van der Waals surface area contributed by atoms with E-state index in [1.54, 1.807) is 19.2 Å². The Hall–Kier alpha value is -3.45. The van der Waals surface area contributed by atoms with E-state index in [4.69, 9.17) is 15.5 Å². The maximum atomic E-state index is 12.4. The molecular weight excluding hydrogens is 404 g/mol. The monoisotopic (exact) mass is 436 g/mol. The molecular formula is C25H32N4O3. The molecule has 0 aromatic heterocycles. The molecule has 3 N–H and O–H groups in total. The summed E-state index contributed by atoms with van der Waals surface area (Å²) in [5.74, 6) is 5.28. The summed E-state index contributed by atoms with van der Waals surface area (Å²) >= 11 is 0. The molecule has 1 atom stereocenters. The van der Waals surface area contributed by atoms with Gasteiger partial charge in [0, 0.05) is 19.1 Å². The number of nitrogens with one attached hydrogen (secondary N) is 1. The molecule has 0 saturated carbocycles. The Morgan fingerprint density at radius 2 is 1.88 bits per heavy atom. The average Bonchev–Trinajstić information content (AvgIpc) is 2.82. The van der Waals surface area contributed by atoms with Crippen molar-refractivity contribution in [1.29, 1.82) is 0 Å². The van der Waals surface area contributed by atoms with Gasteiger partial charge < -0.3 is 15.0 Å². The summed E-state index contributed by atoms with van der Waals surface area (Å²) in [6.45, 7) is 5.97. The Balaban J connectivity index is 1.81. The van der Waals surface area contributed by atoms with Gasteiger partial charge in [0.25, 0.3) is 0 Å². The second kappa shape index (κ2) is 13.8. The molecule has 32 heavy (non-hydrogen) atoms. The summed E-state index contributed by atoms with van der Waals surface area (Å²) in [4.78, 5) is 21.6. The lowest BCUT2D eigenvalue weighted by Gasteiger charge is -2.10. The van der Waals surface area contributed by atoms with Gasteiger partial charge in [0.05, 0.1) is 12.2 Å². The third-order valence-electron chi connectivity index (χ3n) is 4.70. The number of carbonyl (C=O) groups excluding carboxylic acids is 1. The van der Waals surface area contributed by atoms with Crippen molar-refractivity contribution in [3.63, 3.8) is 0 Å². The van der Waals surface area contributed by atoms with Crippen molar-refractivity contribution >= 4 is 23.6 Å². The normalized spacial score (nSPS) is 13.1. The van der Waals surface area contributed by atoms with E-state index >= 15 is 0 Å². The maximum absolute atomic E-state index is 12.4. The zero-order valence-corrected chi connectivity index (χ0v) is 19.0. The van der Waals surface area contributed by atoms with Crippen LogP contribution in [0, 0.1) is 0 Å². The molecule has 2 aromatic carbocycles. The number of ketones is 1. The summed E-state index contributed by atoms with van der Waals surface area (Å²) < 4.78 is 5.41. The van der Waals surface area contributed by atoms with Gasteiger partial charge in [-0.05, 0) is 29.7 Å². The molecule has 0 aliphatic rings. The molecule has 2 aromatic rings. The molecule has 0 radical (unpaired) electrons. The zero-order valence-electron chi connectivity index (χ0n) is 19.0. The molecule has 2 rings (SSSR count). The number of rotatable bonds is 12. The number of carbonyl (C=O) groups is 1. The average molecular weight is 437 g/mol. The number of hydrogen-bond donors (Lipinski definition) is 2. The standard InChI is InChI=1S/C25H32N4O3/c1-4-10-22-13-8-9-14-23(22)27-15-16-28-29-20(3)31-18-24(30)25(32-26)17-19(2)21-11-6-5-7-12-21/h5-9,11-15,17,19,28H,4,10,16,18,26H2,1-3H3/b25-17-,27-15?,29-20+. The molecule has 0 fully saturated rings. The van der Waals surface area contributed by atoms with Crippen LogP contribution in [0.1, 0.15) is 44.2 Å². The molecule has 0 amide bonds. The predicted molar refractivity (Wildman–Crippen MR) is 129 cm³/mol. The zero-order chi connectivity index (χ0) is 23.2. The van der Waals surface area contributed by atoms with Crippen LogP contribution in [0.3, 0.4) is 0 Å². The number of hydrogen-bond acceptors (Lipinski definition) is 7. The van der Waals surface area contributed by atoms with Crippen molar-refractivity contribution in [3.05, 3.63) is 77.6 Å². The molecule has 1 unspecified atom stereocenters. The van der Waals surface area contributed by atoms with Crippen molar-refractivity contribution < 1.29 is 14.4 Å². The third kappa shape index (κ3) is 8.35. The topological polar surface area (TPSA) is 98.3 Å². The first-order valence-electron chi connectivity index (χ1n) is 10.7. The first-order valence-corrected chi connectivity index (χ1v) is 10.7. The second-order valence-corrected chi connectivity index (χ2v) is 7.24. The van der Waals surface area contributed by atoms with Crippen LogP contribution in [-0.2, 0) is 20.8 Å². The molecule has 0 bridgehead atoms. The summed E-state index contributed by atoms with van der Waals surface area (Å²) in [5.41, 5.74) is 6.10. The number of Topliss-reactive ketones (excluding diaryl/α,β-unsaturated/α-hetero) is 1. The number of nitrogens with zero attached hydrogens (tertiary/aromatic N) is 2. The van der Waals surface area contributed by atoms with Crippen molar-refractivity contribution in [2.24, 2.45) is 16.0 Å². The van der Waals surface area contributed by atoms with E-state index in [0.717, 1.165) is 24.1 Å². The lowest BCUT2D eigenvalue weighted by molar-refractivity contribution is -0.121. The minimum Gasteiger partial charge on any atom is -0.471 e. The van der Waals surface area contributed by atoms with Crippen molar-refractivity contribution in [3.8, 4) is 0 Å². The fraction of sp³-hybridized carbons (Fsp3) is 0.320. The van der Waals surface area contributed by atoms with Crippen molar-refractivity contribution in [1.82, 2.24) is 5.43 Å². The minimum absolute atomic E-state index is 0.0307. The van der Waals surface area contributed by atoms with E-state index in [9.17, 15) is 4.79 Å². The Morgan fingerprint density at radius 1 is 1.16 bits per heavy atom. The quantitative estimate of drug-likeness (QED) is 0.128. The van der Waals surface area contributed by atoms with Crippen LogP contribution in [0.25, 0.3) is 0 Å². The van der Waals surface area contributed by atoms with Crippen LogP contribution in [0.5, 0.6) is 0 Å². The van der Waals surface area contributed by atoms with Crippen molar-refractivity contribution in [2.75, 3.05) is 13.2 Å². The van der Waals surface area contributed by atoms with E-state index < -0.39 is 0 Å². The maximum Gasteiger partial charge on any atom is 0.236 e. The lowest BCUT2D eigenvalue weighted by atomic mass is 10.00. The Bertz CT molecular complexity index is 939. The van der Waals surface area contributed by atoms with Gasteiger partial charge in [-0.25, -0.2) is 0 Å². The fourth-order valence-corrected chi connectivity index (χ4v) is 3.01. The number of para-hydroxylation sites is 1. The molecule has 0 aliphatic heterocycles. The molecule has 0 heterocycles. The number of allylic oxidation sites excluding steroid dienone is 1. The Morgan fingerprint density at radius 3 is 2.59 bits per heavy atom. The van der Waals surface area contributed by atoms with E-state index in [1.807, 2.05) is 55.5 Å². The largest absolute Gasteiger partial charge is 0.471 e. The molecule has 0 aliphatic carbocycles. The summed E-state index contributed by atoms with van der Waals surface area (Å²) in [6.07, 6.45) is 5.50. The Labute approximate surface area is 190 Å². The van der Waals surface area contributed by atoms with Gasteiger partial charge in [0.1, 0.15) is 0 Å². The van der Waals surface area contributed by atoms with E-state index in [0.29, 0.717) is 12.4 Å². The van der Waals surface area contributed by atoms with Gasteiger partial charge in [-0.15, -0.1) is 5.10 Å². The number of aryl methyl sites for hydroxylation is 1. The van der Waals surface area contributed by atoms with Gasteiger partial charge in [0.2, 0.25) is 11.7 Å². The minimum atomic E-state index is -0.362. The number of ether oxygens (including phenoxy) is 1. The fourth-order valence-electron chi connectivity index (χ4n) is 3.01. The van der Waals surface area contributed by atoms with Gasteiger partial charge in [-0.3, -0.25) is 9.79 Å². The second-order valence-electron chi connectivity index (χ2n) is 7.24. The van der Waals surface area contributed by atoms with Crippen LogP contribution in [-0.4, -0.2) is 31.0 Å². The summed E-state index contributed by atoms with van der Waals surface area (Å²) in [5, 5.41) is 4.09. The molecule has 0 spiro atoms. The highest BCUT2D eigenvalue weighted by Crippen LogP contribution is 2.20. The summed E-state index contributed by atoms with van der Waals surface area (Å²) in [6, 6.07) is 17.8. The van der Waals surface area contributed by atoms with Gasteiger partial charge in [-0.1, -0.05) is 68.8 Å². The highest BCUT2D eigenvalue weighted by Gasteiger charge is 2.14. The lowest BCUT2D eigenvalue weighted by Crippen LogP contribution is -2.20. The highest BCUT2D eigenvalue weighted by molar-refractivity contribution is 5.95. The van der Waals surface area contributed by atoms with E-state index in [1.165, 1.54) is 5.56 Å². The summed E-state index contributed by atoms with van der Waals surface area (Å²) in [7, 11) is 0. The van der Waals surface area contributed by atoms with Gasteiger partial charge in [0.15, 0.2) is 12.4 Å². The third-order valence-corrected chi connectivity index (χ3v) is 4.70. The van der Waals surface area contributed by atoms with Crippen LogP contribution in [0.4, 0.5) is 5.69 Å². The van der Waals surface area contributed by atoms with Gasteiger partial charge in [-0.2, -0.15) is 5.90 Å². The molecule has 0 saturated heterocycles. The smallest absolute Gasteiger partial charge is 0.236 e. The molecule has 7 heteroatoms. The van der Waals surface area contributed by atoms with Crippen LogP contribution >= 0.6 is 0 Å². The number of aliphatic imine (C=N–C) groups is 1. The first kappa shape index (κ1) is 24.8. The van der Waals surface area contributed by atoms with E-state index in [2.05, 4.69) is 28.5 Å². The van der Waals surface area contributed by atoms with Gasteiger partial charge >= 0.3 is 0 Å². The van der Waals surface area contributed by atoms with E-state index in [-0.39, 0.29) is 24.1 Å². The van der Waals surface area contributed by atoms with Crippen LogP contribution in [0.2, 0.25) is 0 Å². The van der Waals surface area contributed by atoms with Crippen molar-refractivity contribution in [2.45, 2.75) is 39.5 Å². The molecule has 170 valence electrons. The predicted octanol–water partition coefficient (Wildman–Crippen LogP) is 4.43. The number of nitrogens with two attached hydrogens (primary N) is 1. The first-order chi connectivity index (χ1) is 15.5.